The molecule has 2 nitrogen and oxygen atoms in total. The molecular formula is C10H31NO. The minimum atomic E-state index is 0. The highest BCUT2D eigenvalue weighted by Gasteiger charge is 1.89. The molecule has 0 aliphatic carbocycles. The third-order valence-electron chi connectivity index (χ3n) is 0.756. The maximum absolute atomic E-state index is 10.3. The van der Waals surface area contributed by atoms with Crippen LogP contribution in [0.25, 0.3) is 0 Å². The van der Waals surface area contributed by atoms with Gasteiger partial charge in [0, 0.05) is 13.5 Å². The first-order chi connectivity index (χ1) is 3.31. The Morgan fingerprint density at radius 1 is 1.08 bits per heavy atom. The molecule has 0 atom stereocenters. The Hall–Kier alpha value is -0.530. The quantitative estimate of drug-likeness (QED) is 0.691. The summed E-state index contributed by atoms with van der Waals surface area (Å²) in [5, 5.41) is 2.53. The van der Waals surface area contributed by atoms with Gasteiger partial charge < -0.3 is 5.32 Å². The van der Waals surface area contributed by atoms with Crippen LogP contribution in [0, 0.1) is 0 Å². The summed E-state index contributed by atoms with van der Waals surface area (Å²) in [5.41, 5.74) is 0. The van der Waals surface area contributed by atoms with Crippen molar-refractivity contribution in [2.45, 2.75) is 56.9 Å². The zero-order chi connectivity index (χ0) is 5.70. The molecule has 0 aromatic carbocycles. The number of hydrogen-bond donors (Lipinski definition) is 1. The molecule has 0 aliphatic heterocycles. The fourth-order valence-corrected chi connectivity index (χ4v) is 0.352. The van der Waals surface area contributed by atoms with Gasteiger partial charge in [0.2, 0.25) is 5.91 Å². The molecule has 1 amide bonds. The Labute approximate surface area is 80.8 Å². The van der Waals surface area contributed by atoms with E-state index in [-0.39, 0.29) is 43.0 Å². The molecule has 0 heterocycles. The van der Waals surface area contributed by atoms with E-state index in [1.54, 1.807) is 7.05 Å². The van der Waals surface area contributed by atoms with Gasteiger partial charge in [0.15, 0.2) is 0 Å². The van der Waals surface area contributed by atoms with Crippen molar-refractivity contribution in [1.29, 1.82) is 0 Å². The van der Waals surface area contributed by atoms with Crippen LogP contribution in [0.2, 0.25) is 0 Å². The average molecular weight is 181 g/mol. The number of hydrogen-bond acceptors (Lipinski definition) is 1. The molecule has 2 heteroatoms. The second kappa shape index (κ2) is 31.4. The number of carbonyl (C=O) groups is 1. The molecule has 82 valence electrons. The van der Waals surface area contributed by atoms with Gasteiger partial charge in [0.25, 0.3) is 0 Å². The van der Waals surface area contributed by atoms with E-state index in [1.165, 1.54) is 0 Å². The van der Waals surface area contributed by atoms with Crippen LogP contribution in [0.5, 0.6) is 0 Å². The van der Waals surface area contributed by atoms with E-state index in [1.807, 2.05) is 6.92 Å². The SMILES string of the molecule is C.C.C.C.C.CCCC(=O)NC. The van der Waals surface area contributed by atoms with Gasteiger partial charge in [-0.25, -0.2) is 0 Å². The van der Waals surface area contributed by atoms with Crippen LogP contribution in [-0.4, -0.2) is 13.0 Å². The summed E-state index contributed by atoms with van der Waals surface area (Å²) in [5.74, 6) is 0.127. The molecule has 0 rings (SSSR count). The van der Waals surface area contributed by atoms with Crippen LogP contribution in [0.3, 0.4) is 0 Å². The molecule has 0 unspecified atom stereocenters. The minimum Gasteiger partial charge on any atom is -0.359 e. The maximum atomic E-state index is 10.3. The normalized spacial score (nSPS) is 4.83. The third-order valence-corrected chi connectivity index (χ3v) is 0.756. The molecule has 0 aromatic heterocycles. The molecule has 12 heavy (non-hydrogen) atoms. The highest BCUT2D eigenvalue weighted by molar-refractivity contribution is 5.75. The van der Waals surface area contributed by atoms with Gasteiger partial charge in [-0.1, -0.05) is 44.1 Å². The van der Waals surface area contributed by atoms with Crippen LogP contribution < -0.4 is 5.32 Å². The fraction of sp³-hybridized carbons (Fsp3) is 0.900. The summed E-state index contributed by atoms with van der Waals surface area (Å²) in [6, 6.07) is 0. The Balaban J connectivity index is -0.0000000180. The zero-order valence-electron chi connectivity index (χ0n) is 4.82. The molecule has 0 bridgehead atoms. The second-order valence-corrected chi connectivity index (χ2v) is 1.42. The molecule has 0 aromatic rings. The Bertz CT molecular complexity index is 62.9. The first-order valence-electron chi connectivity index (χ1n) is 2.51. The van der Waals surface area contributed by atoms with Crippen molar-refractivity contribution in [3.8, 4) is 0 Å². The molecule has 0 fully saturated rings. The molecule has 0 spiro atoms. The van der Waals surface area contributed by atoms with Gasteiger partial charge in [-0.05, 0) is 6.42 Å². The lowest BCUT2D eigenvalue weighted by molar-refractivity contribution is -0.120. The van der Waals surface area contributed by atoms with Gasteiger partial charge >= 0.3 is 0 Å². The first-order valence-corrected chi connectivity index (χ1v) is 2.51. The number of carbonyl (C=O) groups excluding carboxylic acids is 1. The second-order valence-electron chi connectivity index (χ2n) is 1.42. The van der Waals surface area contributed by atoms with Crippen molar-refractivity contribution in [1.82, 2.24) is 5.32 Å². The van der Waals surface area contributed by atoms with Gasteiger partial charge in [0.05, 0.1) is 0 Å². The van der Waals surface area contributed by atoms with Crippen LogP contribution in [0.1, 0.15) is 56.9 Å². The van der Waals surface area contributed by atoms with Crippen molar-refractivity contribution in [3.05, 3.63) is 0 Å². The van der Waals surface area contributed by atoms with Crippen LogP contribution in [0.15, 0.2) is 0 Å². The minimum absolute atomic E-state index is 0. The van der Waals surface area contributed by atoms with E-state index in [4.69, 9.17) is 0 Å². The molecular weight excluding hydrogens is 150 g/mol. The molecule has 0 aliphatic rings. The van der Waals surface area contributed by atoms with Crippen molar-refractivity contribution in [2.24, 2.45) is 0 Å². The molecule has 0 saturated carbocycles. The summed E-state index contributed by atoms with van der Waals surface area (Å²) < 4.78 is 0. The Morgan fingerprint density at radius 3 is 1.50 bits per heavy atom. The van der Waals surface area contributed by atoms with Gasteiger partial charge in [0.1, 0.15) is 0 Å². The summed E-state index contributed by atoms with van der Waals surface area (Å²) in [6.45, 7) is 1.98. The Kier molecular flexibility index (Phi) is 110. The Morgan fingerprint density at radius 2 is 1.42 bits per heavy atom. The lowest BCUT2D eigenvalue weighted by Crippen LogP contribution is -2.16. The van der Waals surface area contributed by atoms with E-state index in [0.717, 1.165) is 6.42 Å². The van der Waals surface area contributed by atoms with Crippen LogP contribution >= 0.6 is 0 Å². The number of rotatable bonds is 2. The molecule has 1 N–H and O–H groups in total. The average Bonchev–Trinajstić information content (AvgIpc) is 1.68. The van der Waals surface area contributed by atoms with E-state index in [0.29, 0.717) is 6.42 Å². The molecule has 0 radical (unpaired) electrons. The summed E-state index contributed by atoms with van der Waals surface area (Å²) in [4.78, 5) is 10.3. The van der Waals surface area contributed by atoms with Gasteiger partial charge in [-0.3, -0.25) is 4.79 Å². The first kappa shape index (κ1) is 42.0. The molecule has 0 saturated heterocycles. The maximum Gasteiger partial charge on any atom is 0.219 e. The smallest absolute Gasteiger partial charge is 0.219 e. The van der Waals surface area contributed by atoms with E-state index >= 15 is 0 Å². The van der Waals surface area contributed by atoms with Crippen molar-refractivity contribution in [2.75, 3.05) is 7.05 Å². The number of nitrogens with one attached hydrogen (secondary N) is 1. The standard InChI is InChI=1S/C5H11NO.5CH4/c1-3-4-5(7)6-2;;;;;/h3-4H2,1-2H3,(H,6,7);5*1H4. The fourth-order valence-electron chi connectivity index (χ4n) is 0.352. The third kappa shape index (κ3) is 34.0. The van der Waals surface area contributed by atoms with Crippen LogP contribution in [-0.2, 0) is 4.79 Å². The largest absolute Gasteiger partial charge is 0.359 e. The van der Waals surface area contributed by atoms with Crippen molar-refractivity contribution >= 4 is 5.91 Å². The predicted molar refractivity (Wildman–Crippen MR) is 62.6 cm³/mol. The summed E-state index contributed by atoms with van der Waals surface area (Å²) >= 11 is 0. The van der Waals surface area contributed by atoms with Gasteiger partial charge in [-0.2, -0.15) is 0 Å². The zero-order valence-corrected chi connectivity index (χ0v) is 4.82. The van der Waals surface area contributed by atoms with Crippen LogP contribution in [0.4, 0.5) is 0 Å². The topological polar surface area (TPSA) is 29.1 Å². The lowest BCUT2D eigenvalue weighted by atomic mass is 10.3. The van der Waals surface area contributed by atoms with Gasteiger partial charge in [-0.15, -0.1) is 0 Å². The highest BCUT2D eigenvalue weighted by Crippen LogP contribution is 1.82. The summed E-state index contributed by atoms with van der Waals surface area (Å²) in [7, 11) is 1.65. The predicted octanol–water partition coefficient (Wildman–Crippen LogP) is 3.71. The highest BCUT2D eigenvalue weighted by atomic mass is 16.1. The lowest BCUT2D eigenvalue weighted by Gasteiger charge is -1.91. The van der Waals surface area contributed by atoms with E-state index < -0.39 is 0 Å². The van der Waals surface area contributed by atoms with E-state index in [2.05, 4.69) is 5.32 Å². The van der Waals surface area contributed by atoms with Crippen molar-refractivity contribution < 1.29 is 4.79 Å². The summed E-state index contributed by atoms with van der Waals surface area (Å²) in [6.07, 6.45) is 1.58. The monoisotopic (exact) mass is 181 g/mol. The van der Waals surface area contributed by atoms with Crippen molar-refractivity contribution in [3.63, 3.8) is 0 Å². The number of amides is 1. The van der Waals surface area contributed by atoms with E-state index in [9.17, 15) is 4.79 Å².